The van der Waals surface area contributed by atoms with E-state index in [1.165, 1.54) is 29.5 Å². The summed E-state index contributed by atoms with van der Waals surface area (Å²) in [5.74, 6) is -0.0773. The van der Waals surface area contributed by atoms with Crippen molar-refractivity contribution in [3.8, 4) is 5.69 Å². The van der Waals surface area contributed by atoms with Crippen molar-refractivity contribution in [3.05, 3.63) is 113 Å². The minimum atomic E-state index is -0.258. The van der Waals surface area contributed by atoms with Crippen LogP contribution >= 0.6 is 0 Å². The summed E-state index contributed by atoms with van der Waals surface area (Å²) in [7, 11) is 0. The standard InChI is InChI=1S/C31H30FN5O/c1-31-17-21-18-35-37(25-11-9-24(32)10-12-25)29(21)16-23(31)8-7-22(31)15-28(20-5-3-2-4-6-20)36-30(38)26-13-14-34-19-27(26)33/h2-6,9-14,16,18-19,22,28H,7-8,15,17,33H2,1H3,(H,36,38)/t22-,28?,31-/m1/s1. The molecule has 0 aliphatic heterocycles. The van der Waals surface area contributed by atoms with Crippen LogP contribution in [-0.2, 0) is 6.42 Å². The van der Waals surface area contributed by atoms with Gasteiger partial charge >= 0.3 is 0 Å². The number of hydrogen-bond acceptors (Lipinski definition) is 4. The van der Waals surface area contributed by atoms with E-state index in [1.807, 2.05) is 29.1 Å². The van der Waals surface area contributed by atoms with Crippen molar-refractivity contribution in [1.82, 2.24) is 20.1 Å². The first-order chi connectivity index (χ1) is 18.4. The number of carbonyl (C=O) groups excluding carboxylic acids is 1. The molecule has 1 unspecified atom stereocenters. The van der Waals surface area contributed by atoms with Gasteiger partial charge in [0.15, 0.2) is 0 Å². The number of nitrogen functional groups attached to an aromatic ring is 1. The number of fused-ring (bicyclic) bond motifs is 2. The Morgan fingerprint density at radius 1 is 1.16 bits per heavy atom. The molecule has 1 saturated carbocycles. The van der Waals surface area contributed by atoms with E-state index in [-0.39, 0.29) is 23.2 Å². The van der Waals surface area contributed by atoms with Gasteiger partial charge in [-0.25, -0.2) is 9.07 Å². The number of pyridine rings is 1. The van der Waals surface area contributed by atoms with Gasteiger partial charge in [0.2, 0.25) is 0 Å². The molecule has 0 radical (unpaired) electrons. The van der Waals surface area contributed by atoms with Gasteiger partial charge in [-0.15, -0.1) is 0 Å². The predicted octanol–water partition coefficient (Wildman–Crippen LogP) is 5.91. The van der Waals surface area contributed by atoms with Crippen LogP contribution in [0.2, 0.25) is 0 Å². The Bertz CT molecular complexity index is 1510. The number of carbonyl (C=O) groups is 1. The molecule has 2 aromatic heterocycles. The fourth-order valence-corrected chi connectivity index (χ4v) is 6.20. The average molecular weight is 508 g/mol. The molecule has 6 rings (SSSR count). The summed E-state index contributed by atoms with van der Waals surface area (Å²) >= 11 is 0. The van der Waals surface area contributed by atoms with E-state index in [0.29, 0.717) is 17.2 Å². The molecule has 7 heteroatoms. The lowest BCUT2D eigenvalue weighted by Gasteiger charge is -2.37. The third-order valence-corrected chi connectivity index (χ3v) is 8.35. The van der Waals surface area contributed by atoms with Gasteiger partial charge in [0.1, 0.15) is 5.82 Å². The van der Waals surface area contributed by atoms with E-state index in [1.54, 1.807) is 24.4 Å². The summed E-state index contributed by atoms with van der Waals surface area (Å²) in [5, 5.41) is 7.91. The van der Waals surface area contributed by atoms with Crippen molar-refractivity contribution in [1.29, 1.82) is 0 Å². The summed E-state index contributed by atoms with van der Waals surface area (Å²) in [6.07, 6.45) is 11.1. The quantitative estimate of drug-likeness (QED) is 0.340. The number of benzene rings is 2. The molecule has 0 bridgehead atoms. The van der Waals surface area contributed by atoms with Crippen molar-refractivity contribution in [2.45, 2.75) is 38.6 Å². The normalized spacial score (nSPS) is 20.8. The molecule has 2 heterocycles. The smallest absolute Gasteiger partial charge is 0.253 e. The predicted molar refractivity (Wildman–Crippen MR) is 146 cm³/mol. The van der Waals surface area contributed by atoms with Crippen molar-refractivity contribution >= 4 is 17.7 Å². The molecule has 6 nitrogen and oxygen atoms in total. The van der Waals surface area contributed by atoms with Crippen LogP contribution in [0.1, 0.15) is 59.4 Å². The molecule has 192 valence electrons. The number of halogens is 1. The first kappa shape index (κ1) is 24.1. The number of nitrogens with zero attached hydrogens (tertiary/aromatic N) is 3. The highest BCUT2D eigenvalue weighted by atomic mass is 19.1. The molecule has 3 N–H and O–H groups in total. The van der Waals surface area contributed by atoms with Crippen LogP contribution in [0.4, 0.5) is 10.1 Å². The van der Waals surface area contributed by atoms with E-state index in [2.05, 4.69) is 40.5 Å². The molecule has 2 aliphatic rings. The van der Waals surface area contributed by atoms with Gasteiger partial charge in [-0.2, -0.15) is 5.10 Å². The number of anilines is 1. The largest absolute Gasteiger partial charge is 0.397 e. The summed E-state index contributed by atoms with van der Waals surface area (Å²) in [6.45, 7) is 2.35. The number of rotatable bonds is 6. The number of nitrogens with one attached hydrogen (secondary N) is 1. The zero-order chi connectivity index (χ0) is 26.3. The first-order valence-corrected chi connectivity index (χ1v) is 13.0. The van der Waals surface area contributed by atoms with Gasteiger partial charge in [0.25, 0.3) is 5.91 Å². The molecule has 1 amide bonds. The van der Waals surface area contributed by atoms with Crippen LogP contribution < -0.4 is 11.1 Å². The number of amides is 1. The molecular weight excluding hydrogens is 477 g/mol. The molecule has 3 atom stereocenters. The zero-order valence-corrected chi connectivity index (χ0v) is 21.3. The maximum Gasteiger partial charge on any atom is 0.253 e. The minimum Gasteiger partial charge on any atom is -0.397 e. The maximum atomic E-state index is 13.5. The molecular formula is C31H30FN5O. The maximum absolute atomic E-state index is 13.5. The van der Waals surface area contributed by atoms with Crippen LogP contribution in [0, 0.1) is 17.2 Å². The third kappa shape index (κ3) is 4.28. The Kier molecular flexibility index (Phi) is 6.06. The van der Waals surface area contributed by atoms with Crippen LogP contribution in [0.5, 0.6) is 0 Å². The zero-order valence-electron chi connectivity index (χ0n) is 21.3. The van der Waals surface area contributed by atoms with Gasteiger partial charge in [0, 0.05) is 6.20 Å². The van der Waals surface area contributed by atoms with Gasteiger partial charge in [-0.3, -0.25) is 9.78 Å². The topological polar surface area (TPSA) is 85.8 Å². The van der Waals surface area contributed by atoms with Crippen molar-refractivity contribution in [2.24, 2.45) is 11.3 Å². The van der Waals surface area contributed by atoms with Gasteiger partial charge in [-0.1, -0.05) is 42.8 Å². The van der Waals surface area contributed by atoms with E-state index in [4.69, 9.17) is 5.73 Å². The third-order valence-electron chi connectivity index (χ3n) is 8.35. The van der Waals surface area contributed by atoms with E-state index in [9.17, 15) is 9.18 Å². The number of allylic oxidation sites excluding steroid dienone is 1. The number of hydrogen-bond donors (Lipinski definition) is 2. The molecule has 1 fully saturated rings. The summed E-state index contributed by atoms with van der Waals surface area (Å²) in [5.41, 5.74) is 12.4. The van der Waals surface area contributed by atoms with Crippen LogP contribution in [0.15, 0.2) is 84.8 Å². The molecule has 4 aromatic rings. The van der Waals surface area contributed by atoms with Gasteiger partial charge < -0.3 is 11.1 Å². The molecule has 2 aliphatic carbocycles. The average Bonchev–Trinajstić information content (AvgIpc) is 3.47. The second-order valence-electron chi connectivity index (χ2n) is 10.6. The Labute approximate surface area is 221 Å². The number of aromatic nitrogens is 3. The van der Waals surface area contributed by atoms with E-state index >= 15 is 0 Å². The minimum absolute atomic E-state index is 0.0306. The molecule has 0 spiro atoms. The fourth-order valence-electron chi connectivity index (χ4n) is 6.20. The fraction of sp³-hybridized carbons (Fsp3) is 0.258. The lowest BCUT2D eigenvalue weighted by molar-refractivity contribution is 0.0924. The second-order valence-corrected chi connectivity index (χ2v) is 10.6. The number of nitrogens with two attached hydrogens (primary N) is 1. The Morgan fingerprint density at radius 3 is 2.71 bits per heavy atom. The first-order valence-electron chi connectivity index (χ1n) is 13.0. The lowest BCUT2D eigenvalue weighted by Crippen LogP contribution is -2.35. The van der Waals surface area contributed by atoms with Gasteiger partial charge in [-0.05, 0) is 84.6 Å². The second kappa shape index (κ2) is 9.56. The Morgan fingerprint density at radius 2 is 1.95 bits per heavy atom. The van der Waals surface area contributed by atoms with E-state index in [0.717, 1.165) is 42.6 Å². The van der Waals surface area contributed by atoms with Crippen LogP contribution in [0.3, 0.4) is 0 Å². The van der Waals surface area contributed by atoms with Gasteiger partial charge in [0.05, 0.1) is 41.1 Å². The summed E-state index contributed by atoms with van der Waals surface area (Å²) in [4.78, 5) is 17.3. The molecule has 0 saturated heterocycles. The Balaban J connectivity index is 1.28. The van der Waals surface area contributed by atoms with Crippen LogP contribution in [0.25, 0.3) is 11.8 Å². The molecule has 38 heavy (non-hydrogen) atoms. The van der Waals surface area contributed by atoms with Crippen LogP contribution in [-0.4, -0.2) is 20.7 Å². The van der Waals surface area contributed by atoms with E-state index < -0.39 is 0 Å². The lowest BCUT2D eigenvalue weighted by atomic mass is 9.68. The van der Waals surface area contributed by atoms with Crippen molar-refractivity contribution < 1.29 is 9.18 Å². The highest BCUT2D eigenvalue weighted by Gasteiger charge is 2.46. The highest BCUT2D eigenvalue weighted by molar-refractivity contribution is 5.99. The Hall–Kier alpha value is -4.26. The summed E-state index contributed by atoms with van der Waals surface area (Å²) in [6, 6.07) is 18.1. The van der Waals surface area contributed by atoms with Crippen molar-refractivity contribution in [3.63, 3.8) is 0 Å². The monoisotopic (exact) mass is 507 g/mol. The SMILES string of the molecule is C[C@]12Cc3cnn(-c4ccc(F)cc4)c3C=C1CC[C@@H]2CC(NC(=O)c1ccncc1N)c1ccccc1. The molecule has 2 aromatic carbocycles. The highest BCUT2D eigenvalue weighted by Crippen LogP contribution is 2.55. The van der Waals surface area contributed by atoms with Crippen molar-refractivity contribution in [2.75, 3.05) is 5.73 Å². The summed E-state index contributed by atoms with van der Waals surface area (Å²) < 4.78 is 15.4.